The monoisotopic (exact) mass is 947 g/mol. The van der Waals surface area contributed by atoms with Gasteiger partial charge in [0.05, 0.1) is 0 Å². The van der Waals surface area contributed by atoms with Crippen molar-refractivity contribution in [3.8, 4) is 22.3 Å². The summed E-state index contributed by atoms with van der Waals surface area (Å²) < 4.78 is 0. The van der Waals surface area contributed by atoms with E-state index in [1.54, 1.807) is 21.9 Å². The Morgan fingerprint density at radius 3 is 0.764 bits per heavy atom. The molecule has 8 aromatic carbocycles. The van der Waals surface area contributed by atoms with Crippen LogP contribution in [0.2, 0.25) is 0 Å². The highest BCUT2D eigenvalue weighted by Crippen LogP contribution is 2.46. The zero-order valence-electron chi connectivity index (χ0n) is 48.0. The third-order valence-corrected chi connectivity index (χ3v) is 17.7. The first-order chi connectivity index (χ1) is 34.0. The number of hydrogen-bond donors (Lipinski definition) is 0. The van der Waals surface area contributed by atoms with Crippen molar-refractivity contribution >= 4 is 78.5 Å². The van der Waals surface area contributed by atoms with Gasteiger partial charge in [0, 0.05) is 0 Å². The summed E-state index contributed by atoms with van der Waals surface area (Å²) in [5.74, 6) is 4.15. The molecule has 370 valence electrons. The lowest BCUT2D eigenvalue weighted by Crippen LogP contribution is -2.53. The molecule has 0 saturated carbocycles. The molecule has 0 amide bonds. The molecular weight excluding hydrogens is 862 g/mol. The topological polar surface area (TPSA) is 0 Å². The first-order valence-corrected chi connectivity index (χ1v) is 28.5. The Bertz CT molecular complexity index is 3150. The van der Waals surface area contributed by atoms with Crippen molar-refractivity contribution < 1.29 is 0 Å². The van der Waals surface area contributed by atoms with Gasteiger partial charge >= 0.3 is 0 Å². The van der Waals surface area contributed by atoms with Gasteiger partial charge in [-0.2, -0.15) is 0 Å². The standard InChI is InChI=1S/C70H84B2/c1-35(2)47-25-53(39(9)10)67(54(26-47)40(11)12)71-61-33-45-21-24-52-64-46(22-23-51(63(45)64)65(61)59-31-49(37(5)6)29-57(43(17)18)69(59)71)34-62-66(52)60-32-50(38(7)8)30-58(44(19)20)70(60)72(62)68-55(41(13)14)27-48(36(3)4)28-56(68)42(15)16/h21-44H,1-20H3. The van der Waals surface area contributed by atoms with Crippen LogP contribution >= 0.6 is 0 Å². The molecule has 0 nitrogen and oxygen atoms in total. The van der Waals surface area contributed by atoms with Gasteiger partial charge in [0.2, 0.25) is 13.4 Å². The van der Waals surface area contributed by atoms with E-state index in [-0.39, 0.29) is 13.4 Å². The van der Waals surface area contributed by atoms with E-state index in [4.69, 9.17) is 0 Å². The van der Waals surface area contributed by atoms with E-state index in [9.17, 15) is 0 Å². The van der Waals surface area contributed by atoms with Crippen molar-refractivity contribution in [2.75, 3.05) is 0 Å². The van der Waals surface area contributed by atoms with E-state index in [1.807, 2.05) is 0 Å². The minimum atomic E-state index is 0.153. The predicted octanol–water partition coefficient (Wildman–Crippen LogP) is 16.8. The maximum absolute atomic E-state index is 2.67. The van der Waals surface area contributed by atoms with Crippen LogP contribution in [-0.4, -0.2) is 13.4 Å². The lowest BCUT2D eigenvalue weighted by molar-refractivity contribution is 0.812. The van der Waals surface area contributed by atoms with Crippen LogP contribution in [0.3, 0.4) is 0 Å². The molecule has 0 atom stereocenters. The zero-order valence-corrected chi connectivity index (χ0v) is 48.0. The van der Waals surface area contributed by atoms with Crippen LogP contribution in [0.4, 0.5) is 0 Å². The molecule has 0 aliphatic carbocycles. The molecule has 0 aromatic heterocycles. The average Bonchev–Trinajstić information content (AvgIpc) is 3.83. The largest absolute Gasteiger partial charge is 0.243 e. The second-order valence-corrected chi connectivity index (χ2v) is 25.9. The quantitative estimate of drug-likeness (QED) is 0.0846. The number of benzene rings is 8. The molecule has 2 aliphatic heterocycles. The molecule has 2 heteroatoms. The first kappa shape index (κ1) is 50.5. The molecule has 2 aliphatic rings. The fraction of sp³-hybridized carbons (Fsp3) is 0.429. The van der Waals surface area contributed by atoms with Crippen molar-refractivity contribution in [3.63, 3.8) is 0 Å². The summed E-state index contributed by atoms with van der Waals surface area (Å²) in [6.45, 7) is 48.5. The smallest absolute Gasteiger partial charge is 0.0618 e. The molecule has 0 N–H and O–H groups in total. The van der Waals surface area contributed by atoms with Gasteiger partial charge in [-0.05, 0) is 169 Å². The Balaban J connectivity index is 1.36. The first-order valence-electron chi connectivity index (χ1n) is 28.5. The molecule has 0 saturated heterocycles. The molecule has 0 unspecified atom stereocenters. The molecule has 0 fully saturated rings. The molecular formula is C70H84B2. The molecule has 72 heavy (non-hydrogen) atoms. The molecule has 2 heterocycles. The minimum absolute atomic E-state index is 0.153. The molecule has 0 radical (unpaired) electrons. The second-order valence-electron chi connectivity index (χ2n) is 25.9. The van der Waals surface area contributed by atoms with Gasteiger partial charge in [-0.25, -0.2) is 0 Å². The number of fused-ring (bicyclic) bond motifs is 8. The van der Waals surface area contributed by atoms with Gasteiger partial charge in [-0.15, -0.1) is 0 Å². The van der Waals surface area contributed by atoms with Crippen molar-refractivity contribution in [1.82, 2.24) is 0 Å². The summed E-state index contributed by atoms with van der Waals surface area (Å²) in [4.78, 5) is 0. The van der Waals surface area contributed by atoms with Crippen molar-refractivity contribution in [2.45, 2.75) is 198 Å². The fourth-order valence-electron chi connectivity index (χ4n) is 13.7. The SMILES string of the molecule is CC(C)c1cc2c(c(C(C)C)c1)B(c1c(C(C)C)cc(C(C)C)cc1C(C)C)c1cc3ccc4c5c(cc6ccc(c1-2)c3c64)B(c1c(C(C)C)cc(C(C)C)cc1C(C)C)c1c-5cc(C(C)C)cc1C(C)C. The Kier molecular flexibility index (Phi) is 12.9. The maximum Gasteiger partial charge on any atom is 0.243 e. The average molecular weight is 947 g/mol. The molecule has 8 aromatic rings. The van der Waals surface area contributed by atoms with Gasteiger partial charge in [-0.1, -0.05) is 256 Å². The van der Waals surface area contributed by atoms with Gasteiger partial charge in [0.1, 0.15) is 0 Å². The van der Waals surface area contributed by atoms with Gasteiger partial charge in [0.25, 0.3) is 0 Å². The maximum atomic E-state index is 2.67. The van der Waals surface area contributed by atoms with Crippen LogP contribution in [0.1, 0.15) is 253 Å². The van der Waals surface area contributed by atoms with Crippen LogP contribution in [0, 0.1) is 0 Å². The van der Waals surface area contributed by atoms with E-state index >= 15 is 0 Å². The molecule has 0 spiro atoms. The third-order valence-electron chi connectivity index (χ3n) is 17.7. The Morgan fingerprint density at radius 2 is 0.514 bits per heavy atom. The minimum Gasteiger partial charge on any atom is -0.0618 e. The van der Waals surface area contributed by atoms with Crippen LogP contribution in [0.15, 0.2) is 84.9 Å². The van der Waals surface area contributed by atoms with Crippen LogP contribution in [0.5, 0.6) is 0 Å². The van der Waals surface area contributed by atoms with Gasteiger partial charge in [-0.3, -0.25) is 0 Å². The normalized spacial score (nSPS) is 13.6. The van der Waals surface area contributed by atoms with Crippen LogP contribution in [-0.2, 0) is 0 Å². The highest BCUT2D eigenvalue weighted by molar-refractivity contribution is 7.01. The summed E-state index contributed by atoms with van der Waals surface area (Å²) in [5, 5.41) is 8.43. The second kappa shape index (κ2) is 18.4. The Labute approximate surface area is 436 Å². The van der Waals surface area contributed by atoms with E-state index in [1.165, 1.54) is 121 Å². The lowest BCUT2D eigenvalue weighted by Gasteiger charge is -2.28. The Hall–Kier alpha value is -5.07. The molecule has 0 bridgehead atoms. The summed E-state index contributed by atoms with van der Waals surface area (Å²) in [7, 11) is 0. The Morgan fingerprint density at radius 1 is 0.264 bits per heavy atom. The third kappa shape index (κ3) is 7.76. The summed E-state index contributed by atoms with van der Waals surface area (Å²) in [5.41, 5.74) is 30.0. The molecule has 10 rings (SSSR count). The summed E-state index contributed by atoms with van der Waals surface area (Å²) >= 11 is 0. The predicted molar refractivity (Wildman–Crippen MR) is 324 cm³/mol. The highest BCUT2D eigenvalue weighted by Gasteiger charge is 2.44. The van der Waals surface area contributed by atoms with Crippen molar-refractivity contribution in [1.29, 1.82) is 0 Å². The fourth-order valence-corrected chi connectivity index (χ4v) is 13.7. The van der Waals surface area contributed by atoms with Crippen LogP contribution < -0.4 is 32.8 Å². The number of hydrogen-bond acceptors (Lipinski definition) is 0. The lowest BCUT2D eigenvalue weighted by atomic mass is 9.35. The highest BCUT2D eigenvalue weighted by atomic mass is 14.3. The van der Waals surface area contributed by atoms with E-state index in [0.29, 0.717) is 59.2 Å². The van der Waals surface area contributed by atoms with Gasteiger partial charge in [0.15, 0.2) is 0 Å². The number of rotatable bonds is 12. The van der Waals surface area contributed by atoms with Gasteiger partial charge < -0.3 is 0 Å². The van der Waals surface area contributed by atoms with E-state index < -0.39 is 0 Å². The summed E-state index contributed by atoms with van der Waals surface area (Å²) in [6, 6.07) is 36.3. The van der Waals surface area contributed by atoms with Crippen molar-refractivity contribution in [3.05, 3.63) is 141 Å². The zero-order chi connectivity index (χ0) is 51.8. The van der Waals surface area contributed by atoms with E-state index in [0.717, 1.165) is 0 Å². The van der Waals surface area contributed by atoms with Crippen molar-refractivity contribution in [2.24, 2.45) is 0 Å². The van der Waals surface area contributed by atoms with Crippen LogP contribution in [0.25, 0.3) is 54.6 Å². The van der Waals surface area contributed by atoms with E-state index in [2.05, 4.69) is 223 Å². The summed E-state index contributed by atoms with van der Waals surface area (Å²) in [6.07, 6.45) is 0.